The molecule has 0 radical (unpaired) electrons. The Morgan fingerprint density at radius 1 is 1.07 bits per heavy atom. The smallest absolute Gasteiger partial charge is 0.333 e. The molecule has 2 atom stereocenters. The molecule has 2 aromatic carbocycles. The summed E-state index contributed by atoms with van der Waals surface area (Å²) >= 11 is 0. The fraction of sp³-hybridized carbons (Fsp3) is 0.391. The zero-order valence-electron chi connectivity index (χ0n) is 16.4. The van der Waals surface area contributed by atoms with Gasteiger partial charge in [0.15, 0.2) is 0 Å². The third-order valence-corrected chi connectivity index (χ3v) is 6.11. The van der Waals surface area contributed by atoms with Crippen molar-refractivity contribution in [1.82, 2.24) is 9.80 Å². The number of hydrogen-bond donors (Lipinski definition) is 0. The topological polar surface area (TPSA) is 40.6 Å². The second kappa shape index (κ2) is 8.22. The van der Waals surface area contributed by atoms with Crippen LogP contribution in [0.25, 0.3) is 0 Å². The van der Waals surface area contributed by atoms with Crippen LogP contribution in [-0.4, -0.2) is 41.1 Å². The van der Waals surface area contributed by atoms with Gasteiger partial charge < -0.3 is 9.69 Å². The Hall–Kier alpha value is -2.67. The molecule has 2 heterocycles. The van der Waals surface area contributed by atoms with Crippen LogP contribution >= 0.6 is 0 Å². The second-order valence-corrected chi connectivity index (χ2v) is 7.99. The number of alkyl halides is 3. The van der Waals surface area contributed by atoms with Gasteiger partial charge in [-0.1, -0.05) is 36.4 Å². The molecule has 1 amide bonds. The van der Waals surface area contributed by atoms with Crippen LogP contribution in [0.4, 0.5) is 13.2 Å². The minimum absolute atomic E-state index is 0.0374. The Morgan fingerprint density at radius 2 is 1.80 bits per heavy atom. The highest BCUT2D eigenvalue weighted by atomic mass is 19.4. The molecule has 7 heteroatoms. The van der Waals surface area contributed by atoms with E-state index in [1.165, 1.54) is 6.07 Å². The van der Waals surface area contributed by atoms with Crippen molar-refractivity contribution in [3.05, 3.63) is 70.8 Å². The molecule has 0 aliphatic carbocycles. The van der Waals surface area contributed by atoms with Gasteiger partial charge in [0, 0.05) is 19.0 Å². The lowest BCUT2D eigenvalue weighted by Crippen LogP contribution is -2.49. The summed E-state index contributed by atoms with van der Waals surface area (Å²) in [6.07, 6.45) is -1.72. The number of amides is 1. The van der Waals surface area contributed by atoms with Crippen LogP contribution < -0.4 is 0 Å². The third kappa shape index (κ3) is 4.12. The molecular weight excluding hydrogens is 393 g/mol. The van der Waals surface area contributed by atoms with E-state index in [1.807, 2.05) is 35.2 Å². The second-order valence-electron chi connectivity index (χ2n) is 7.99. The van der Waals surface area contributed by atoms with E-state index >= 15 is 0 Å². The normalized spacial score (nSPS) is 22.0. The van der Waals surface area contributed by atoms with Gasteiger partial charge in [-0.15, -0.1) is 0 Å². The summed E-state index contributed by atoms with van der Waals surface area (Å²) in [4.78, 5) is 28.3. The molecule has 2 aliphatic heterocycles. The molecule has 1 fully saturated rings. The van der Waals surface area contributed by atoms with Crippen molar-refractivity contribution in [2.75, 3.05) is 13.1 Å². The number of carbonyl (C=O) groups excluding carboxylic acids is 2. The Balaban J connectivity index is 1.45. The summed E-state index contributed by atoms with van der Waals surface area (Å²) in [7, 11) is 0. The molecule has 4 nitrogen and oxygen atoms in total. The Bertz CT molecular complexity index is 930. The van der Waals surface area contributed by atoms with Gasteiger partial charge in [-0.2, -0.15) is 13.2 Å². The van der Waals surface area contributed by atoms with E-state index in [0.717, 1.165) is 42.4 Å². The maximum Gasteiger partial charge on any atom is 0.416 e. The first-order valence-corrected chi connectivity index (χ1v) is 10.1. The molecule has 30 heavy (non-hydrogen) atoms. The highest BCUT2D eigenvalue weighted by Crippen LogP contribution is 2.34. The van der Waals surface area contributed by atoms with Gasteiger partial charge in [-0.05, 0) is 48.2 Å². The minimum Gasteiger partial charge on any atom is -0.333 e. The quantitative estimate of drug-likeness (QED) is 0.708. The van der Waals surface area contributed by atoms with E-state index in [2.05, 4.69) is 0 Å². The number of halogens is 3. The van der Waals surface area contributed by atoms with Crippen molar-refractivity contribution < 1.29 is 22.8 Å². The molecule has 0 N–H and O–H groups in total. The summed E-state index contributed by atoms with van der Waals surface area (Å²) in [5, 5.41) is 0. The van der Waals surface area contributed by atoms with Crippen molar-refractivity contribution in [3.63, 3.8) is 0 Å². The molecular formula is C23H23F3N2O2. The van der Waals surface area contributed by atoms with Crippen molar-refractivity contribution in [1.29, 1.82) is 0 Å². The maximum atomic E-state index is 13.0. The molecule has 0 spiro atoms. The highest BCUT2D eigenvalue weighted by molar-refractivity contribution is 5.79. The molecule has 2 unspecified atom stereocenters. The fourth-order valence-corrected chi connectivity index (χ4v) is 4.54. The number of benzene rings is 2. The number of carbonyl (C=O) groups is 2. The number of aldehydes is 1. The van der Waals surface area contributed by atoms with Crippen LogP contribution in [0.1, 0.15) is 41.0 Å². The number of hydrogen-bond acceptors (Lipinski definition) is 3. The average Bonchev–Trinajstić information content (AvgIpc) is 3.17. The molecule has 158 valence electrons. The van der Waals surface area contributed by atoms with Crippen LogP contribution in [0.15, 0.2) is 48.5 Å². The van der Waals surface area contributed by atoms with Gasteiger partial charge in [0.2, 0.25) is 5.91 Å². The van der Waals surface area contributed by atoms with E-state index in [9.17, 15) is 22.8 Å². The number of fused-ring (bicyclic) bond motifs is 1. The van der Waals surface area contributed by atoms with Gasteiger partial charge in [-0.25, -0.2) is 0 Å². The predicted molar refractivity (Wildman–Crippen MR) is 106 cm³/mol. The zero-order chi connectivity index (χ0) is 21.3. The van der Waals surface area contributed by atoms with E-state index in [-0.39, 0.29) is 31.0 Å². The summed E-state index contributed by atoms with van der Waals surface area (Å²) in [5.74, 6) is -0.129. The van der Waals surface area contributed by atoms with Crippen LogP contribution in [0.3, 0.4) is 0 Å². The summed E-state index contributed by atoms with van der Waals surface area (Å²) in [5.41, 5.74) is 1.66. The van der Waals surface area contributed by atoms with Gasteiger partial charge in [0.05, 0.1) is 18.2 Å². The monoisotopic (exact) mass is 416 g/mol. The molecule has 2 aliphatic rings. The van der Waals surface area contributed by atoms with Crippen molar-refractivity contribution in [3.8, 4) is 0 Å². The molecule has 0 aromatic heterocycles. The maximum absolute atomic E-state index is 13.0. The molecule has 2 aromatic rings. The average molecular weight is 416 g/mol. The fourth-order valence-electron chi connectivity index (χ4n) is 4.54. The van der Waals surface area contributed by atoms with Crippen LogP contribution in [-0.2, 0) is 28.9 Å². The van der Waals surface area contributed by atoms with Gasteiger partial charge in [0.25, 0.3) is 0 Å². The highest BCUT2D eigenvalue weighted by Gasteiger charge is 2.36. The van der Waals surface area contributed by atoms with Crippen LogP contribution in [0.2, 0.25) is 0 Å². The lowest BCUT2D eigenvalue weighted by molar-refractivity contribution is -0.137. The largest absolute Gasteiger partial charge is 0.416 e. The number of rotatable bonds is 4. The SMILES string of the molecule is O=CC1C(c2ccccc2)CCCN1CC(=O)N1Cc2ccc(C(F)(F)F)cc2C1. The Labute approximate surface area is 173 Å². The Kier molecular flexibility index (Phi) is 5.64. The lowest BCUT2D eigenvalue weighted by atomic mass is 9.84. The van der Waals surface area contributed by atoms with E-state index in [4.69, 9.17) is 0 Å². The standard InChI is InChI=1S/C23H23F3N2O2/c24-23(25,26)19-9-8-17-12-28(13-18(17)11-19)22(30)14-27-10-4-7-20(21(27)15-29)16-5-2-1-3-6-16/h1-3,5-6,8-9,11,15,20-21H,4,7,10,12-14H2. The summed E-state index contributed by atoms with van der Waals surface area (Å²) in [6, 6.07) is 13.1. The van der Waals surface area contributed by atoms with Crippen LogP contribution in [0, 0.1) is 0 Å². The molecule has 0 bridgehead atoms. The third-order valence-electron chi connectivity index (χ3n) is 6.11. The summed E-state index contributed by atoms with van der Waals surface area (Å²) in [6.45, 7) is 1.21. The first-order valence-electron chi connectivity index (χ1n) is 10.1. The van der Waals surface area contributed by atoms with Gasteiger partial charge >= 0.3 is 6.18 Å². The van der Waals surface area contributed by atoms with E-state index in [0.29, 0.717) is 18.7 Å². The number of piperidine rings is 1. The Morgan fingerprint density at radius 3 is 2.50 bits per heavy atom. The summed E-state index contributed by atoms with van der Waals surface area (Å²) < 4.78 is 38.9. The van der Waals surface area contributed by atoms with Crippen molar-refractivity contribution >= 4 is 12.2 Å². The minimum atomic E-state index is -4.40. The molecule has 0 saturated carbocycles. The van der Waals surface area contributed by atoms with Gasteiger partial charge in [-0.3, -0.25) is 9.69 Å². The van der Waals surface area contributed by atoms with E-state index in [1.54, 1.807) is 4.90 Å². The number of likely N-dealkylation sites (tertiary alicyclic amines) is 1. The van der Waals surface area contributed by atoms with Crippen molar-refractivity contribution in [2.24, 2.45) is 0 Å². The zero-order valence-corrected chi connectivity index (χ0v) is 16.4. The molecule has 1 saturated heterocycles. The van der Waals surface area contributed by atoms with Crippen molar-refractivity contribution in [2.45, 2.75) is 44.1 Å². The van der Waals surface area contributed by atoms with Gasteiger partial charge in [0.1, 0.15) is 6.29 Å². The first-order chi connectivity index (χ1) is 14.4. The molecule has 4 rings (SSSR count). The first kappa shape index (κ1) is 20.6. The van der Waals surface area contributed by atoms with Crippen LogP contribution in [0.5, 0.6) is 0 Å². The lowest BCUT2D eigenvalue weighted by Gasteiger charge is -2.38. The van der Waals surface area contributed by atoms with E-state index < -0.39 is 11.7 Å². The number of nitrogens with zero attached hydrogens (tertiary/aromatic N) is 2. The predicted octanol–water partition coefficient (Wildman–Crippen LogP) is 3.99.